The molecule has 6 heteroatoms. The molecule has 0 amide bonds. The minimum atomic E-state index is -3.50. The highest BCUT2D eigenvalue weighted by atomic mass is 31.2. The van der Waals surface area contributed by atoms with E-state index in [-0.39, 0.29) is 0 Å². The molecule has 0 aliphatic carbocycles. The predicted molar refractivity (Wildman–Crippen MR) is 98.3 cm³/mol. The molecule has 2 rings (SSSR count). The van der Waals surface area contributed by atoms with E-state index >= 15 is 0 Å². The van der Waals surface area contributed by atoms with Crippen LogP contribution < -0.4 is 10.6 Å². The van der Waals surface area contributed by atoms with Crippen LogP contribution in [0.4, 0.5) is 0 Å². The molecule has 23 heavy (non-hydrogen) atoms. The normalized spacial score (nSPS) is 12.1. The molecule has 4 nitrogen and oxygen atoms in total. The first kappa shape index (κ1) is 18.2. The molecule has 2 aromatic rings. The first-order valence-electron chi connectivity index (χ1n) is 7.66. The maximum Gasteiger partial charge on any atom is 0.453 e. The van der Waals surface area contributed by atoms with Crippen molar-refractivity contribution >= 4 is 25.4 Å². The molecular formula is C17H23NO3P2. The van der Waals surface area contributed by atoms with Gasteiger partial charge in [-0.25, -0.2) is 4.57 Å². The van der Waals surface area contributed by atoms with Gasteiger partial charge in [-0.15, -0.1) is 0 Å². The van der Waals surface area contributed by atoms with Gasteiger partial charge in [-0.1, -0.05) is 60.7 Å². The standard InChI is InChI=1S/C17H23NO3P2/c1-4-20-23(19,21-5-2)18-22(3,16-12-8-6-9-13-16)17-14-10-7-11-15-17/h6-15H,4-5H2,1-3H3. The Morgan fingerprint density at radius 2 is 1.22 bits per heavy atom. The summed E-state index contributed by atoms with van der Waals surface area (Å²) in [5.74, 6) is 0. The van der Waals surface area contributed by atoms with Gasteiger partial charge in [0.2, 0.25) is 0 Å². The fraction of sp³-hybridized carbons (Fsp3) is 0.294. The summed E-state index contributed by atoms with van der Waals surface area (Å²) in [4.78, 5) is 0. The molecule has 2 aromatic carbocycles. The van der Waals surface area contributed by atoms with Crippen LogP contribution in [0.5, 0.6) is 0 Å². The Morgan fingerprint density at radius 3 is 1.57 bits per heavy atom. The zero-order valence-corrected chi connectivity index (χ0v) is 15.5. The average Bonchev–Trinajstić information content (AvgIpc) is 2.56. The second-order valence-electron chi connectivity index (χ2n) is 5.02. The largest absolute Gasteiger partial charge is 0.453 e. The minimum absolute atomic E-state index is 0.296. The zero-order chi connectivity index (χ0) is 16.8. The Bertz CT molecular complexity index is 664. The lowest BCUT2D eigenvalue weighted by Crippen LogP contribution is -2.15. The van der Waals surface area contributed by atoms with E-state index in [1.807, 2.05) is 67.3 Å². The van der Waals surface area contributed by atoms with Crippen molar-refractivity contribution < 1.29 is 13.6 Å². The van der Waals surface area contributed by atoms with E-state index < -0.39 is 14.8 Å². The number of benzene rings is 2. The maximum absolute atomic E-state index is 13.0. The van der Waals surface area contributed by atoms with Crippen LogP contribution >= 0.6 is 14.8 Å². The highest BCUT2D eigenvalue weighted by Gasteiger charge is 2.29. The van der Waals surface area contributed by atoms with Crippen molar-refractivity contribution in [2.75, 3.05) is 19.9 Å². The summed E-state index contributed by atoms with van der Waals surface area (Å²) in [5.41, 5.74) is 0. The quantitative estimate of drug-likeness (QED) is 0.682. The van der Waals surface area contributed by atoms with Crippen LogP contribution in [0.25, 0.3) is 0 Å². The Kier molecular flexibility index (Phi) is 6.38. The molecule has 0 saturated carbocycles. The summed E-state index contributed by atoms with van der Waals surface area (Å²) in [6.07, 6.45) is 0. The summed E-state index contributed by atoms with van der Waals surface area (Å²) in [7, 11) is -5.74. The number of rotatable bonds is 7. The van der Waals surface area contributed by atoms with Crippen molar-refractivity contribution in [3.8, 4) is 0 Å². The van der Waals surface area contributed by atoms with E-state index in [2.05, 4.69) is 4.52 Å². The third-order valence-electron chi connectivity index (χ3n) is 3.39. The van der Waals surface area contributed by atoms with Gasteiger partial charge in [0.25, 0.3) is 0 Å². The first-order valence-corrected chi connectivity index (χ1v) is 11.3. The SMILES string of the molecule is CCOP(=O)(N=P(C)(c1ccccc1)c1ccccc1)OCC. The topological polar surface area (TPSA) is 47.9 Å². The van der Waals surface area contributed by atoms with Crippen molar-refractivity contribution in [3.05, 3.63) is 60.7 Å². The lowest BCUT2D eigenvalue weighted by atomic mass is 10.4. The molecule has 0 aliphatic heterocycles. The summed E-state index contributed by atoms with van der Waals surface area (Å²) >= 11 is 0. The number of hydrogen-bond acceptors (Lipinski definition) is 3. The number of nitrogens with zero attached hydrogens (tertiary/aromatic N) is 1. The fourth-order valence-corrected chi connectivity index (χ4v) is 7.85. The minimum Gasteiger partial charge on any atom is -0.291 e. The maximum atomic E-state index is 13.0. The van der Waals surface area contributed by atoms with E-state index in [4.69, 9.17) is 9.05 Å². The second-order valence-corrected chi connectivity index (χ2v) is 10.1. The molecule has 0 spiro atoms. The van der Waals surface area contributed by atoms with Crippen LogP contribution in [0, 0.1) is 0 Å². The van der Waals surface area contributed by atoms with Gasteiger partial charge in [-0.3, -0.25) is 9.05 Å². The van der Waals surface area contributed by atoms with Gasteiger partial charge in [-0.05, 0) is 31.1 Å². The fourth-order valence-electron chi connectivity index (χ4n) is 2.32. The van der Waals surface area contributed by atoms with E-state index in [0.717, 1.165) is 10.6 Å². The predicted octanol–water partition coefficient (Wildman–Crippen LogP) is 4.65. The van der Waals surface area contributed by atoms with Crippen molar-refractivity contribution in [1.82, 2.24) is 0 Å². The summed E-state index contributed by atoms with van der Waals surface area (Å²) in [6.45, 7) is 6.22. The molecule has 0 N–H and O–H groups in total. The van der Waals surface area contributed by atoms with Gasteiger partial charge in [0.05, 0.1) is 13.2 Å². The molecule has 0 radical (unpaired) electrons. The zero-order valence-electron chi connectivity index (χ0n) is 13.8. The Labute approximate surface area is 138 Å². The van der Waals surface area contributed by atoms with Crippen molar-refractivity contribution in [3.63, 3.8) is 0 Å². The van der Waals surface area contributed by atoms with E-state index in [1.54, 1.807) is 13.8 Å². The first-order chi connectivity index (χ1) is 11.0. The van der Waals surface area contributed by atoms with Crippen molar-refractivity contribution in [1.29, 1.82) is 0 Å². The van der Waals surface area contributed by atoms with Crippen molar-refractivity contribution in [2.24, 2.45) is 4.52 Å². The Morgan fingerprint density at radius 1 is 0.826 bits per heavy atom. The molecule has 0 aromatic heterocycles. The van der Waals surface area contributed by atoms with Crippen LogP contribution in [-0.2, 0) is 13.6 Å². The Balaban J connectivity index is 2.68. The molecule has 0 unspecified atom stereocenters. The van der Waals surface area contributed by atoms with Gasteiger partial charge in [0.1, 0.15) is 0 Å². The third-order valence-corrected chi connectivity index (χ3v) is 9.47. The summed E-state index contributed by atoms with van der Waals surface area (Å²) < 4.78 is 28.5. The van der Waals surface area contributed by atoms with Gasteiger partial charge in [0, 0.05) is 7.05 Å². The second kappa shape index (κ2) is 8.08. The van der Waals surface area contributed by atoms with E-state index in [0.29, 0.717) is 13.2 Å². The Hall–Kier alpha value is -1.18. The van der Waals surface area contributed by atoms with Crippen LogP contribution in [0.1, 0.15) is 13.8 Å². The molecule has 124 valence electrons. The highest BCUT2D eigenvalue weighted by molar-refractivity contribution is 7.84. The monoisotopic (exact) mass is 351 g/mol. The van der Waals surface area contributed by atoms with E-state index in [1.165, 1.54) is 0 Å². The molecule has 0 saturated heterocycles. The van der Waals surface area contributed by atoms with Gasteiger partial charge in [0.15, 0.2) is 0 Å². The third kappa shape index (κ3) is 4.43. The highest BCUT2D eigenvalue weighted by Crippen LogP contribution is 2.60. The smallest absolute Gasteiger partial charge is 0.291 e. The van der Waals surface area contributed by atoms with Gasteiger partial charge >= 0.3 is 7.75 Å². The molecular weight excluding hydrogens is 328 g/mol. The van der Waals surface area contributed by atoms with Gasteiger partial charge in [-0.2, -0.15) is 4.52 Å². The molecule has 0 bridgehead atoms. The molecule has 0 fully saturated rings. The van der Waals surface area contributed by atoms with Crippen molar-refractivity contribution in [2.45, 2.75) is 13.8 Å². The molecule has 0 heterocycles. The van der Waals surface area contributed by atoms with Crippen LogP contribution in [0.15, 0.2) is 65.2 Å². The average molecular weight is 351 g/mol. The van der Waals surface area contributed by atoms with Gasteiger partial charge < -0.3 is 0 Å². The molecule has 0 atom stereocenters. The summed E-state index contributed by atoms with van der Waals surface area (Å²) in [6, 6.07) is 19.9. The van der Waals surface area contributed by atoms with Crippen LogP contribution in [0.3, 0.4) is 0 Å². The lowest BCUT2D eigenvalue weighted by molar-refractivity contribution is 0.221. The van der Waals surface area contributed by atoms with Crippen LogP contribution in [0.2, 0.25) is 0 Å². The van der Waals surface area contributed by atoms with Crippen LogP contribution in [-0.4, -0.2) is 19.9 Å². The lowest BCUT2D eigenvalue weighted by Gasteiger charge is -2.24. The molecule has 0 aliphatic rings. The van der Waals surface area contributed by atoms with E-state index in [9.17, 15) is 4.57 Å². The number of hydrogen-bond donors (Lipinski definition) is 0. The summed E-state index contributed by atoms with van der Waals surface area (Å²) in [5, 5.41) is 2.09.